The zero-order valence-corrected chi connectivity index (χ0v) is 12.9. The van der Waals surface area contributed by atoms with Gasteiger partial charge in [0.1, 0.15) is 5.75 Å². The molecule has 3 N–H and O–H groups in total. The molecule has 0 saturated heterocycles. The normalized spacial score (nSPS) is 19.3. The fourth-order valence-electron chi connectivity index (χ4n) is 2.90. The van der Waals surface area contributed by atoms with Gasteiger partial charge in [-0.3, -0.25) is 10.1 Å². The second-order valence-electron chi connectivity index (χ2n) is 5.95. The molecule has 3 rings (SSSR count). The van der Waals surface area contributed by atoms with E-state index in [1.54, 1.807) is 13.4 Å². The minimum Gasteiger partial charge on any atom is -0.495 e. The van der Waals surface area contributed by atoms with E-state index in [9.17, 15) is 4.79 Å². The van der Waals surface area contributed by atoms with Crippen LogP contribution in [0.25, 0.3) is 0 Å². The zero-order valence-electron chi connectivity index (χ0n) is 12.9. The smallest absolute Gasteiger partial charge is 0.242 e. The number of H-pyrrole nitrogens is 1. The van der Waals surface area contributed by atoms with E-state index >= 15 is 0 Å². The van der Waals surface area contributed by atoms with Crippen LogP contribution in [0.15, 0.2) is 30.6 Å². The first-order valence-corrected chi connectivity index (χ1v) is 7.25. The SMILES string of the molecule is COc1ccccc1NC(=O)C1Cc2[nH]cnc2C(C)(C)N1. The summed E-state index contributed by atoms with van der Waals surface area (Å²) in [5.74, 6) is 0.561. The van der Waals surface area contributed by atoms with Gasteiger partial charge in [-0.2, -0.15) is 0 Å². The van der Waals surface area contributed by atoms with E-state index in [2.05, 4.69) is 20.6 Å². The molecule has 1 aromatic carbocycles. The highest BCUT2D eigenvalue weighted by Crippen LogP contribution is 2.29. The van der Waals surface area contributed by atoms with Crippen molar-refractivity contribution in [1.29, 1.82) is 0 Å². The van der Waals surface area contributed by atoms with Crippen LogP contribution in [-0.2, 0) is 16.8 Å². The molecule has 0 radical (unpaired) electrons. The van der Waals surface area contributed by atoms with Crippen molar-refractivity contribution in [3.05, 3.63) is 42.0 Å². The number of methoxy groups -OCH3 is 1. The molecule has 2 heterocycles. The number of fused-ring (bicyclic) bond motifs is 1. The lowest BCUT2D eigenvalue weighted by Gasteiger charge is -2.35. The van der Waals surface area contributed by atoms with Crippen molar-refractivity contribution in [2.45, 2.75) is 31.8 Å². The van der Waals surface area contributed by atoms with E-state index in [4.69, 9.17) is 4.74 Å². The van der Waals surface area contributed by atoms with Crippen LogP contribution in [0.5, 0.6) is 5.75 Å². The lowest BCUT2D eigenvalue weighted by atomic mass is 9.89. The van der Waals surface area contributed by atoms with Crippen LogP contribution >= 0.6 is 0 Å². The van der Waals surface area contributed by atoms with E-state index in [1.165, 1.54) is 0 Å². The quantitative estimate of drug-likeness (QED) is 0.807. The number of amides is 1. The highest BCUT2D eigenvalue weighted by atomic mass is 16.5. The molecular formula is C16H20N4O2. The van der Waals surface area contributed by atoms with Gasteiger partial charge in [0, 0.05) is 12.1 Å². The Balaban J connectivity index is 1.79. The van der Waals surface area contributed by atoms with Crippen molar-refractivity contribution in [2.24, 2.45) is 0 Å². The van der Waals surface area contributed by atoms with E-state index in [-0.39, 0.29) is 17.5 Å². The number of aromatic amines is 1. The molecule has 1 amide bonds. The van der Waals surface area contributed by atoms with Crippen LogP contribution in [0.1, 0.15) is 25.2 Å². The van der Waals surface area contributed by atoms with Gasteiger partial charge in [0.15, 0.2) is 0 Å². The molecule has 22 heavy (non-hydrogen) atoms. The van der Waals surface area contributed by atoms with Gasteiger partial charge in [0.05, 0.1) is 36.4 Å². The van der Waals surface area contributed by atoms with Crippen molar-refractivity contribution >= 4 is 11.6 Å². The molecule has 0 aliphatic carbocycles. The Morgan fingerprint density at radius 2 is 2.18 bits per heavy atom. The third kappa shape index (κ3) is 2.57. The number of nitrogens with zero attached hydrogens (tertiary/aromatic N) is 1. The largest absolute Gasteiger partial charge is 0.495 e. The Bertz CT molecular complexity index is 693. The van der Waals surface area contributed by atoms with Gasteiger partial charge in [-0.25, -0.2) is 4.98 Å². The molecule has 1 aromatic heterocycles. The lowest BCUT2D eigenvalue weighted by Crippen LogP contribution is -2.54. The van der Waals surface area contributed by atoms with E-state index in [0.717, 1.165) is 11.4 Å². The maximum atomic E-state index is 12.6. The molecule has 1 atom stereocenters. The van der Waals surface area contributed by atoms with Crippen LogP contribution < -0.4 is 15.4 Å². The first-order chi connectivity index (χ1) is 10.5. The van der Waals surface area contributed by atoms with Crippen molar-refractivity contribution < 1.29 is 9.53 Å². The van der Waals surface area contributed by atoms with Crippen molar-refractivity contribution in [1.82, 2.24) is 15.3 Å². The highest BCUT2D eigenvalue weighted by Gasteiger charge is 2.37. The molecule has 1 aliphatic heterocycles. The van der Waals surface area contributed by atoms with Gasteiger partial charge < -0.3 is 15.0 Å². The molecule has 0 bridgehead atoms. The molecule has 116 valence electrons. The summed E-state index contributed by atoms with van der Waals surface area (Å²) < 4.78 is 5.27. The van der Waals surface area contributed by atoms with Gasteiger partial charge in [-0.05, 0) is 26.0 Å². The van der Waals surface area contributed by atoms with Gasteiger partial charge in [-0.1, -0.05) is 12.1 Å². The summed E-state index contributed by atoms with van der Waals surface area (Å²) in [6.45, 7) is 4.05. The number of carbonyl (C=O) groups is 1. The molecular weight excluding hydrogens is 280 g/mol. The standard InChI is InChI=1S/C16H20N4O2/c1-16(2)14-11(17-9-18-14)8-12(20-16)15(21)19-10-6-4-5-7-13(10)22-3/h4-7,9,12,20H,8H2,1-3H3,(H,17,18)(H,19,21). The van der Waals surface area contributed by atoms with Crippen molar-refractivity contribution in [3.8, 4) is 5.75 Å². The van der Waals surface area contributed by atoms with E-state index in [1.807, 2.05) is 38.1 Å². The predicted octanol–water partition coefficient (Wildman–Crippen LogP) is 1.81. The van der Waals surface area contributed by atoms with Crippen LogP contribution in [0.4, 0.5) is 5.69 Å². The summed E-state index contributed by atoms with van der Waals surface area (Å²) in [4.78, 5) is 20.1. The van der Waals surface area contributed by atoms with Crippen molar-refractivity contribution in [2.75, 3.05) is 12.4 Å². The first-order valence-electron chi connectivity index (χ1n) is 7.25. The number of carbonyl (C=O) groups excluding carboxylic acids is 1. The number of hydrogen-bond donors (Lipinski definition) is 3. The van der Waals surface area contributed by atoms with Gasteiger partial charge in [-0.15, -0.1) is 0 Å². The monoisotopic (exact) mass is 300 g/mol. The molecule has 0 saturated carbocycles. The number of hydrogen-bond acceptors (Lipinski definition) is 4. The minimum atomic E-state index is -0.351. The fourth-order valence-corrected chi connectivity index (χ4v) is 2.90. The number of aromatic nitrogens is 2. The summed E-state index contributed by atoms with van der Waals surface area (Å²) >= 11 is 0. The van der Waals surface area contributed by atoms with Crippen molar-refractivity contribution in [3.63, 3.8) is 0 Å². The van der Waals surface area contributed by atoms with E-state index in [0.29, 0.717) is 17.9 Å². The van der Waals surface area contributed by atoms with Crippen LogP contribution in [0, 0.1) is 0 Å². The van der Waals surface area contributed by atoms with Crippen LogP contribution in [0.2, 0.25) is 0 Å². The second-order valence-corrected chi connectivity index (χ2v) is 5.95. The number of benzene rings is 1. The zero-order chi connectivity index (χ0) is 15.7. The van der Waals surface area contributed by atoms with Gasteiger partial charge >= 0.3 is 0 Å². The summed E-state index contributed by atoms with van der Waals surface area (Å²) in [6, 6.07) is 7.05. The number of anilines is 1. The number of nitrogens with one attached hydrogen (secondary N) is 3. The molecule has 6 nitrogen and oxygen atoms in total. The van der Waals surface area contributed by atoms with E-state index < -0.39 is 0 Å². The first kappa shape index (κ1) is 14.6. The molecule has 6 heteroatoms. The Morgan fingerprint density at radius 1 is 1.41 bits per heavy atom. The molecule has 1 aliphatic rings. The highest BCUT2D eigenvalue weighted by molar-refractivity contribution is 5.96. The summed E-state index contributed by atoms with van der Waals surface area (Å²) in [5, 5.41) is 6.29. The summed E-state index contributed by atoms with van der Waals surface area (Å²) in [6.07, 6.45) is 2.26. The Morgan fingerprint density at radius 3 is 2.95 bits per heavy atom. The topological polar surface area (TPSA) is 79.0 Å². The maximum absolute atomic E-state index is 12.6. The maximum Gasteiger partial charge on any atom is 0.242 e. The summed E-state index contributed by atoms with van der Waals surface area (Å²) in [7, 11) is 1.59. The third-order valence-corrected chi connectivity index (χ3v) is 3.93. The molecule has 1 unspecified atom stereocenters. The number of rotatable bonds is 3. The molecule has 0 spiro atoms. The Labute approximate surface area is 129 Å². The minimum absolute atomic E-state index is 0.0853. The number of ether oxygens (including phenoxy) is 1. The average Bonchev–Trinajstić information content (AvgIpc) is 2.96. The third-order valence-electron chi connectivity index (χ3n) is 3.93. The van der Waals surface area contributed by atoms with Gasteiger partial charge in [0.25, 0.3) is 0 Å². The Hall–Kier alpha value is -2.34. The van der Waals surface area contributed by atoms with Crippen LogP contribution in [-0.4, -0.2) is 29.0 Å². The average molecular weight is 300 g/mol. The Kier molecular flexibility index (Phi) is 3.62. The lowest BCUT2D eigenvalue weighted by molar-refractivity contribution is -0.118. The second kappa shape index (κ2) is 5.46. The molecule has 2 aromatic rings. The predicted molar refractivity (Wildman–Crippen MR) is 83.9 cm³/mol. The molecule has 0 fully saturated rings. The summed E-state index contributed by atoms with van der Waals surface area (Å²) in [5.41, 5.74) is 2.29. The van der Waals surface area contributed by atoms with Gasteiger partial charge in [0.2, 0.25) is 5.91 Å². The number of imidazole rings is 1. The van der Waals surface area contributed by atoms with Crippen LogP contribution in [0.3, 0.4) is 0 Å². The fraction of sp³-hybridized carbons (Fsp3) is 0.375. The number of para-hydroxylation sites is 2.